The van der Waals surface area contributed by atoms with E-state index in [0.717, 1.165) is 10.9 Å². The smallest absolute Gasteiger partial charge is 0.0511 e. The maximum absolute atomic E-state index is 5.73. The first-order valence-corrected chi connectivity index (χ1v) is 7.70. The van der Waals surface area contributed by atoms with E-state index in [0.29, 0.717) is 5.92 Å². The number of nitrogens with one attached hydrogen (secondary N) is 1. The van der Waals surface area contributed by atoms with Gasteiger partial charge in [0.05, 0.1) is 6.04 Å². The first-order valence-electron chi connectivity index (χ1n) is 6.91. The van der Waals surface area contributed by atoms with Crippen LogP contribution in [0.15, 0.2) is 53.0 Å². The Morgan fingerprint density at radius 3 is 2.25 bits per heavy atom. The van der Waals surface area contributed by atoms with Gasteiger partial charge in [0.25, 0.3) is 0 Å². The highest BCUT2D eigenvalue weighted by Crippen LogP contribution is 2.26. The average Bonchev–Trinajstić information content (AvgIpc) is 2.46. The number of nitrogens with two attached hydrogens (primary N) is 1. The molecule has 1 atom stereocenters. The predicted molar refractivity (Wildman–Crippen MR) is 88.4 cm³/mol. The molecular weight excluding hydrogens is 312 g/mol. The molecule has 0 aromatic heterocycles. The summed E-state index contributed by atoms with van der Waals surface area (Å²) in [5, 5.41) is 0. The number of hydrogen-bond acceptors (Lipinski definition) is 2. The Kier molecular flexibility index (Phi) is 5.35. The number of hydrazine groups is 1. The molecule has 2 rings (SSSR count). The van der Waals surface area contributed by atoms with E-state index in [4.69, 9.17) is 5.84 Å². The van der Waals surface area contributed by atoms with Gasteiger partial charge in [0.2, 0.25) is 0 Å². The minimum absolute atomic E-state index is 0.107. The van der Waals surface area contributed by atoms with Crippen LogP contribution in [0.25, 0.3) is 0 Å². The van der Waals surface area contributed by atoms with Crippen LogP contribution in [0.1, 0.15) is 42.5 Å². The first-order chi connectivity index (χ1) is 9.61. The van der Waals surface area contributed by atoms with Crippen LogP contribution in [0, 0.1) is 0 Å². The fraction of sp³-hybridized carbons (Fsp3) is 0.294. The van der Waals surface area contributed by atoms with Gasteiger partial charge in [0, 0.05) is 4.47 Å². The molecule has 0 aliphatic carbocycles. The summed E-state index contributed by atoms with van der Waals surface area (Å²) in [5.41, 5.74) is 6.75. The molecule has 106 valence electrons. The lowest BCUT2D eigenvalue weighted by atomic mass is 9.96. The van der Waals surface area contributed by atoms with Crippen molar-refractivity contribution in [2.75, 3.05) is 0 Å². The van der Waals surface area contributed by atoms with Crippen LogP contribution in [0.4, 0.5) is 0 Å². The molecule has 2 aromatic carbocycles. The maximum Gasteiger partial charge on any atom is 0.0511 e. The van der Waals surface area contributed by atoms with Gasteiger partial charge in [-0.25, -0.2) is 0 Å². The quantitative estimate of drug-likeness (QED) is 0.632. The van der Waals surface area contributed by atoms with Crippen LogP contribution in [0.3, 0.4) is 0 Å². The normalized spacial score (nSPS) is 12.7. The molecule has 3 N–H and O–H groups in total. The monoisotopic (exact) mass is 332 g/mol. The number of halogens is 1. The van der Waals surface area contributed by atoms with Crippen molar-refractivity contribution in [1.29, 1.82) is 0 Å². The van der Waals surface area contributed by atoms with Gasteiger partial charge in [-0.3, -0.25) is 11.3 Å². The lowest BCUT2D eigenvalue weighted by Gasteiger charge is -2.18. The summed E-state index contributed by atoms with van der Waals surface area (Å²) in [7, 11) is 0. The third kappa shape index (κ3) is 3.69. The average molecular weight is 333 g/mol. The molecule has 0 heterocycles. The third-order valence-corrected chi connectivity index (χ3v) is 4.29. The highest BCUT2D eigenvalue weighted by Gasteiger charge is 2.13. The van der Waals surface area contributed by atoms with Crippen molar-refractivity contribution in [3.8, 4) is 0 Å². The summed E-state index contributed by atoms with van der Waals surface area (Å²) in [6.45, 7) is 4.42. The number of rotatable bonds is 5. The van der Waals surface area contributed by atoms with Gasteiger partial charge in [-0.15, -0.1) is 0 Å². The van der Waals surface area contributed by atoms with Crippen molar-refractivity contribution in [3.05, 3.63) is 69.7 Å². The van der Waals surface area contributed by atoms with Crippen LogP contribution in [-0.4, -0.2) is 0 Å². The van der Waals surface area contributed by atoms with Crippen molar-refractivity contribution in [2.45, 2.75) is 32.2 Å². The lowest BCUT2D eigenvalue weighted by Crippen LogP contribution is -2.29. The van der Waals surface area contributed by atoms with Crippen molar-refractivity contribution in [1.82, 2.24) is 5.43 Å². The third-order valence-electron chi connectivity index (χ3n) is 3.57. The van der Waals surface area contributed by atoms with Crippen LogP contribution >= 0.6 is 15.9 Å². The molecule has 0 radical (unpaired) electrons. The summed E-state index contributed by atoms with van der Waals surface area (Å²) in [6.07, 6.45) is 0.873. The Balaban J connectivity index is 2.16. The van der Waals surface area contributed by atoms with E-state index >= 15 is 0 Å². The lowest BCUT2D eigenvalue weighted by molar-refractivity contribution is 0.550. The SMILES string of the molecule is CC(C)c1ccc(CC(NN)c2ccccc2Br)cc1. The Bertz CT molecular complexity index is 549. The highest BCUT2D eigenvalue weighted by atomic mass is 79.9. The molecular formula is C17H21BrN2. The van der Waals surface area contributed by atoms with Gasteiger partial charge in [-0.1, -0.05) is 72.2 Å². The van der Waals surface area contributed by atoms with Crippen molar-refractivity contribution >= 4 is 15.9 Å². The van der Waals surface area contributed by atoms with Crippen LogP contribution in [-0.2, 0) is 6.42 Å². The van der Waals surface area contributed by atoms with Gasteiger partial charge in [0.1, 0.15) is 0 Å². The molecule has 2 nitrogen and oxygen atoms in total. The topological polar surface area (TPSA) is 38.0 Å². The molecule has 20 heavy (non-hydrogen) atoms. The summed E-state index contributed by atoms with van der Waals surface area (Å²) >= 11 is 3.59. The van der Waals surface area contributed by atoms with Crippen molar-refractivity contribution in [2.24, 2.45) is 5.84 Å². The Morgan fingerprint density at radius 1 is 1.05 bits per heavy atom. The van der Waals surface area contributed by atoms with Crippen molar-refractivity contribution < 1.29 is 0 Å². The van der Waals surface area contributed by atoms with Gasteiger partial charge in [-0.05, 0) is 35.1 Å². The predicted octanol–water partition coefficient (Wildman–Crippen LogP) is 4.32. The van der Waals surface area contributed by atoms with Gasteiger partial charge >= 0.3 is 0 Å². The maximum atomic E-state index is 5.73. The number of hydrogen-bond donors (Lipinski definition) is 2. The second-order valence-corrected chi connectivity index (χ2v) is 6.20. The largest absolute Gasteiger partial charge is 0.271 e. The molecule has 0 amide bonds. The van der Waals surface area contributed by atoms with E-state index in [1.165, 1.54) is 16.7 Å². The van der Waals surface area contributed by atoms with Crippen LogP contribution in [0.2, 0.25) is 0 Å². The van der Waals surface area contributed by atoms with E-state index in [-0.39, 0.29) is 6.04 Å². The van der Waals surface area contributed by atoms with Gasteiger partial charge in [0.15, 0.2) is 0 Å². The summed E-state index contributed by atoms with van der Waals surface area (Å²) < 4.78 is 1.08. The van der Waals surface area contributed by atoms with E-state index in [9.17, 15) is 0 Å². The molecule has 3 heteroatoms. The Labute approximate surface area is 129 Å². The molecule has 0 aliphatic heterocycles. The second kappa shape index (κ2) is 7.02. The van der Waals surface area contributed by atoms with Crippen LogP contribution < -0.4 is 11.3 Å². The first kappa shape index (κ1) is 15.2. The highest BCUT2D eigenvalue weighted by molar-refractivity contribution is 9.10. The fourth-order valence-corrected chi connectivity index (χ4v) is 2.85. The van der Waals surface area contributed by atoms with E-state index in [2.05, 4.69) is 65.5 Å². The minimum Gasteiger partial charge on any atom is -0.271 e. The van der Waals surface area contributed by atoms with Crippen molar-refractivity contribution in [3.63, 3.8) is 0 Å². The van der Waals surface area contributed by atoms with Gasteiger partial charge < -0.3 is 0 Å². The molecule has 0 saturated heterocycles. The summed E-state index contributed by atoms with van der Waals surface area (Å²) in [5.74, 6) is 6.29. The van der Waals surface area contributed by atoms with E-state index in [1.54, 1.807) is 0 Å². The summed E-state index contributed by atoms with van der Waals surface area (Å²) in [4.78, 5) is 0. The standard InChI is InChI=1S/C17H21BrN2/c1-12(2)14-9-7-13(8-10-14)11-17(20-19)15-5-3-4-6-16(15)18/h3-10,12,17,20H,11,19H2,1-2H3. The molecule has 0 fully saturated rings. The Hall–Kier alpha value is -1.16. The molecule has 2 aromatic rings. The second-order valence-electron chi connectivity index (χ2n) is 5.34. The molecule has 0 saturated carbocycles. The minimum atomic E-state index is 0.107. The van der Waals surface area contributed by atoms with E-state index in [1.807, 2.05) is 18.2 Å². The summed E-state index contributed by atoms with van der Waals surface area (Å²) in [6, 6.07) is 17.1. The number of benzene rings is 2. The molecule has 0 bridgehead atoms. The van der Waals surface area contributed by atoms with E-state index < -0.39 is 0 Å². The fourth-order valence-electron chi connectivity index (χ4n) is 2.29. The van der Waals surface area contributed by atoms with Crippen LogP contribution in [0.5, 0.6) is 0 Å². The van der Waals surface area contributed by atoms with Gasteiger partial charge in [-0.2, -0.15) is 0 Å². The molecule has 1 unspecified atom stereocenters. The molecule has 0 spiro atoms. The zero-order chi connectivity index (χ0) is 14.5. The zero-order valence-corrected chi connectivity index (χ0v) is 13.5. The Morgan fingerprint density at radius 2 is 1.70 bits per heavy atom. The molecule has 0 aliphatic rings. The zero-order valence-electron chi connectivity index (χ0n) is 11.9.